The molecule has 2 N–H and O–H groups in total. The Labute approximate surface area is 144 Å². The summed E-state index contributed by atoms with van der Waals surface area (Å²) in [7, 11) is 0. The van der Waals surface area contributed by atoms with E-state index in [1.165, 1.54) is 16.2 Å². The van der Waals surface area contributed by atoms with Gasteiger partial charge in [0, 0.05) is 18.1 Å². The van der Waals surface area contributed by atoms with Gasteiger partial charge in [-0.05, 0) is 27.2 Å². The van der Waals surface area contributed by atoms with Crippen molar-refractivity contribution in [3.63, 3.8) is 0 Å². The number of rotatable bonds is 4. The summed E-state index contributed by atoms with van der Waals surface area (Å²) in [5.74, 6) is 0. The lowest BCUT2D eigenvalue weighted by Crippen LogP contribution is -2.56. The molecule has 0 saturated carbocycles. The third kappa shape index (κ3) is 5.64. The van der Waals surface area contributed by atoms with Crippen LogP contribution in [0.3, 0.4) is 0 Å². The van der Waals surface area contributed by atoms with Gasteiger partial charge in [0.25, 0.3) is 0 Å². The van der Waals surface area contributed by atoms with Crippen LogP contribution in [0.5, 0.6) is 0 Å². The number of thiazole rings is 1. The molecule has 1 fully saturated rings. The van der Waals surface area contributed by atoms with Crippen LogP contribution in [0.15, 0.2) is 11.6 Å². The Hall–Kier alpha value is -1.87. The first-order chi connectivity index (χ1) is 11.2. The molecule has 0 aliphatic carbocycles. The van der Waals surface area contributed by atoms with Crippen LogP contribution >= 0.6 is 11.3 Å². The molecule has 2 unspecified atom stereocenters. The molecule has 0 radical (unpaired) electrons. The molecule has 24 heavy (non-hydrogen) atoms. The fourth-order valence-electron chi connectivity index (χ4n) is 2.39. The van der Waals surface area contributed by atoms with Crippen molar-refractivity contribution >= 4 is 23.5 Å². The lowest BCUT2D eigenvalue weighted by Gasteiger charge is -2.37. The van der Waals surface area contributed by atoms with Crippen molar-refractivity contribution in [3.05, 3.63) is 16.6 Å². The zero-order chi connectivity index (χ0) is 17.7. The minimum absolute atomic E-state index is 0.196. The highest BCUT2D eigenvalue weighted by molar-refractivity contribution is 7.09. The van der Waals surface area contributed by atoms with Gasteiger partial charge in [-0.3, -0.25) is 0 Å². The summed E-state index contributed by atoms with van der Waals surface area (Å²) in [5, 5.41) is 14.6. The number of likely N-dealkylation sites (tertiary alicyclic amines) is 1. The predicted octanol–water partition coefficient (Wildman–Crippen LogP) is 2.31. The van der Waals surface area contributed by atoms with Gasteiger partial charge in [0.2, 0.25) is 0 Å². The van der Waals surface area contributed by atoms with Crippen LogP contribution in [0.1, 0.15) is 32.2 Å². The Morgan fingerprint density at radius 3 is 2.83 bits per heavy atom. The lowest BCUT2D eigenvalue weighted by molar-refractivity contribution is -0.0296. The average molecular weight is 357 g/mol. The second-order valence-corrected chi connectivity index (χ2v) is 7.52. The average Bonchev–Trinajstić information content (AvgIpc) is 2.97. The molecule has 9 heteroatoms. The molecule has 1 aromatic rings. The van der Waals surface area contributed by atoms with Gasteiger partial charge in [0.1, 0.15) is 10.6 Å². The van der Waals surface area contributed by atoms with Crippen LogP contribution in [0.4, 0.5) is 9.59 Å². The van der Waals surface area contributed by atoms with E-state index in [-0.39, 0.29) is 19.2 Å². The summed E-state index contributed by atoms with van der Waals surface area (Å²) in [5.41, 5.74) is -0.594. The number of nitrogens with zero attached hydrogens (tertiary/aromatic N) is 2. The number of nitrogens with one attached hydrogen (secondary N) is 1. The molecule has 134 valence electrons. The van der Waals surface area contributed by atoms with Crippen LogP contribution in [0.2, 0.25) is 0 Å². The number of alkyl carbamates (subject to hydrolysis) is 1. The summed E-state index contributed by atoms with van der Waals surface area (Å²) in [4.78, 5) is 28.6. The number of ether oxygens (including phenoxy) is 2. The Bertz CT molecular complexity index is 558. The van der Waals surface area contributed by atoms with E-state index in [1.54, 1.807) is 27.0 Å². The maximum atomic E-state index is 12.0. The van der Waals surface area contributed by atoms with Crippen LogP contribution in [0, 0.1) is 0 Å². The fraction of sp³-hybridized carbons (Fsp3) is 0.667. The van der Waals surface area contributed by atoms with Crippen molar-refractivity contribution in [2.24, 2.45) is 0 Å². The van der Waals surface area contributed by atoms with Crippen LogP contribution in [-0.2, 0) is 16.1 Å². The van der Waals surface area contributed by atoms with E-state index >= 15 is 0 Å². The minimum atomic E-state index is -0.992. The van der Waals surface area contributed by atoms with Crippen molar-refractivity contribution in [2.45, 2.75) is 51.5 Å². The monoisotopic (exact) mass is 357 g/mol. The standard InChI is InChI=1S/C15H23N3O5S/c1-15(2,3)23-13(19)17-10-4-6-18(14(20)21)8-11(10)22-9-12-16-5-7-24-12/h5,7,10-11H,4,6,8-9H2,1-3H3,(H,17,19)(H,20,21). The second kappa shape index (κ2) is 7.80. The van der Waals surface area contributed by atoms with Crippen LogP contribution < -0.4 is 5.32 Å². The van der Waals surface area contributed by atoms with Crippen molar-refractivity contribution < 1.29 is 24.2 Å². The smallest absolute Gasteiger partial charge is 0.407 e. The Morgan fingerprint density at radius 1 is 1.50 bits per heavy atom. The van der Waals surface area contributed by atoms with E-state index in [4.69, 9.17) is 9.47 Å². The number of carbonyl (C=O) groups is 2. The van der Waals surface area contributed by atoms with E-state index < -0.39 is 23.9 Å². The summed E-state index contributed by atoms with van der Waals surface area (Å²) in [6.07, 6.45) is 0.178. The molecular formula is C15H23N3O5S. The van der Waals surface area contributed by atoms with Crippen molar-refractivity contribution in [1.29, 1.82) is 0 Å². The molecule has 2 rings (SSSR count). The third-order valence-corrected chi connectivity index (χ3v) is 4.19. The van der Waals surface area contributed by atoms with E-state index in [0.717, 1.165) is 5.01 Å². The fourth-order valence-corrected chi connectivity index (χ4v) is 2.92. The molecule has 2 amide bonds. The highest BCUT2D eigenvalue weighted by Crippen LogP contribution is 2.18. The van der Waals surface area contributed by atoms with Crippen LogP contribution in [-0.4, -0.2) is 58.0 Å². The maximum Gasteiger partial charge on any atom is 0.407 e. The summed E-state index contributed by atoms with van der Waals surface area (Å²) in [6, 6.07) is -0.310. The highest BCUT2D eigenvalue weighted by atomic mass is 32.1. The molecular weight excluding hydrogens is 334 g/mol. The Morgan fingerprint density at radius 2 is 2.25 bits per heavy atom. The Balaban J connectivity index is 1.97. The summed E-state index contributed by atoms with van der Waals surface area (Å²) < 4.78 is 11.1. The molecule has 1 aliphatic rings. The third-order valence-electron chi connectivity index (χ3n) is 3.44. The number of aromatic nitrogens is 1. The van der Waals surface area contributed by atoms with Crippen LogP contribution in [0.25, 0.3) is 0 Å². The van der Waals surface area contributed by atoms with E-state index in [1.807, 2.05) is 5.38 Å². The van der Waals surface area contributed by atoms with Gasteiger partial charge < -0.3 is 24.8 Å². The number of amides is 2. The normalized spacial score (nSPS) is 21.4. The molecule has 1 aliphatic heterocycles. The minimum Gasteiger partial charge on any atom is -0.465 e. The van der Waals surface area contributed by atoms with Gasteiger partial charge >= 0.3 is 12.2 Å². The van der Waals surface area contributed by atoms with Gasteiger partial charge in [-0.2, -0.15) is 0 Å². The number of carbonyl (C=O) groups excluding carboxylic acids is 1. The quantitative estimate of drug-likeness (QED) is 0.857. The molecule has 1 aromatic heterocycles. The molecule has 8 nitrogen and oxygen atoms in total. The van der Waals surface area contributed by atoms with E-state index in [9.17, 15) is 14.7 Å². The zero-order valence-corrected chi connectivity index (χ0v) is 14.8. The second-order valence-electron chi connectivity index (χ2n) is 6.55. The molecule has 2 heterocycles. The molecule has 0 bridgehead atoms. The SMILES string of the molecule is CC(C)(C)OC(=O)NC1CCN(C(=O)O)CC1OCc1nccs1. The number of carboxylic acid groups (broad SMARTS) is 1. The van der Waals surface area contributed by atoms with Gasteiger partial charge in [-0.1, -0.05) is 0 Å². The number of hydrogen-bond acceptors (Lipinski definition) is 6. The number of piperidine rings is 1. The molecule has 0 spiro atoms. The number of hydrogen-bond donors (Lipinski definition) is 2. The topological polar surface area (TPSA) is 101 Å². The van der Waals surface area contributed by atoms with Gasteiger partial charge in [-0.15, -0.1) is 11.3 Å². The van der Waals surface area contributed by atoms with Crippen molar-refractivity contribution in [2.75, 3.05) is 13.1 Å². The maximum absolute atomic E-state index is 12.0. The lowest BCUT2D eigenvalue weighted by atomic mass is 10.0. The molecule has 2 atom stereocenters. The van der Waals surface area contributed by atoms with Gasteiger partial charge in [0.05, 0.1) is 25.3 Å². The zero-order valence-electron chi connectivity index (χ0n) is 14.0. The van der Waals surface area contributed by atoms with E-state index in [0.29, 0.717) is 13.0 Å². The van der Waals surface area contributed by atoms with Crippen molar-refractivity contribution in [3.8, 4) is 0 Å². The highest BCUT2D eigenvalue weighted by Gasteiger charge is 2.34. The predicted molar refractivity (Wildman–Crippen MR) is 88.1 cm³/mol. The first-order valence-corrected chi connectivity index (χ1v) is 8.60. The van der Waals surface area contributed by atoms with E-state index in [2.05, 4.69) is 10.3 Å². The molecule has 0 aromatic carbocycles. The Kier molecular flexibility index (Phi) is 6.00. The first-order valence-electron chi connectivity index (χ1n) is 7.72. The molecule has 1 saturated heterocycles. The summed E-state index contributed by atoms with van der Waals surface area (Å²) >= 11 is 1.46. The summed E-state index contributed by atoms with van der Waals surface area (Å²) in [6.45, 7) is 6.18. The largest absolute Gasteiger partial charge is 0.465 e. The van der Waals surface area contributed by atoms with Gasteiger partial charge in [0.15, 0.2) is 0 Å². The first kappa shape index (κ1) is 18.5. The van der Waals surface area contributed by atoms with Gasteiger partial charge in [-0.25, -0.2) is 14.6 Å². The van der Waals surface area contributed by atoms with Crippen molar-refractivity contribution in [1.82, 2.24) is 15.2 Å².